The van der Waals surface area contributed by atoms with E-state index < -0.39 is 0 Å². The summed E-state index contributed by atoms with van der Waals surface area (Å²) < 4.78 is 10.8. The monoisotopic (exact) mass is 276 g/mol. The van der Waals surface area contributed by atoms with Crippen molar-refractivity contribution >= 4 is 0 Å². The first-order valence-corrected chi connectivity index (χ1v) is 7.55. The molecular weight excluding hydrogens is 252 g/mol. The first kappa shape index (κ1) is 13.7. The molecule has 0 aliphatic carbocycles. The number of rotatable bonds is 2. The normalized spacial score (nSPS) is 27.1. The van der Waals surface area contributed by atoms with Crippen LogP contribution in [0.15, 0.2) is 18.2 Å². The fraction of sp³-hybridized carbons (Fsp3) is 0.625. The SMILES string of the molecule is CC1CNC(C)CCN(Cc2ccc3c(c2)OCO3)C1. The second kappa shape index (κ2) is 6.02. The van der Waals surface area contributed by atoms with Gasteiger partial charge in [0, 0.05) is 19.1 Å². The molecule has 0 bridgehead atoms. The van der Waals surface area contributed by atoms with Gasteiger partial charge in [0.05, 0.1) is 0 Å². The minimum atomic E-state index is 0.350. The maximum Gasteiger partial charge on any atom is 0.231 e. The average Bonchev–Trinajstić information content (AvgIpc) is 2.88. The minimum Gasteiger partial charge on any atom is -0.454 e. The molecule has 4 nitrogen and oxygen atoms in total. The van der Waals surface area contributed by atoms with Crippen molar-refractivity contribution in [2.24, 2.45) is 5.92 Å². The third-order valence-corrected chi connectivity index (χ3v) is 4.11. The van der Waals surface area contributed by atoms with Crippen LogP contribution in [0.2, 0.25) is 0 Å². The molecule has 2 atom stereocenters. The van der Waals surface area contributed by atoms with Gasteiger partial charge in [-0.15, -0.1) is 0 Å². The molecule has 0 radical (unpaired) electrons. The van der Waals surface area contributed by atoms with E-state index in [0.29, 0.717) is 18.8 Å². The van der Waals surface area contributed by atoms with Crippen molar-refractivity contribution in [1.82, 2.24) is 10.2 Å². The maximum absolute atomic E-state index is 5.46. The molecule has 1 fully saturated rings. The zero-order valence-electron chi connectivity index (χ0n) is 12.4. The first-order chi connectivity index (χ1) is 9.70. The van der Waals surface area contributed by atoms with Crippen LogP contribution in [-0.4, -0.2) is 37.4 Å². The van der Waals surface area contributed by atoms with E-state index in [9.17, 15) is 0 Å². The number of nitrogens with one attached hydrogen (secondary N) is 1. The van der Waals surface area contributed by atoms with Crippen LogP contribution in [0.25, 0.3) is 0 Å². The third kappa shape index (κ3) is 3.25. The predicted molar refractivity (Wildman–Crippen MR) is 79.1 cm³/mol. The summed E-state index contributed by atoms with van der Waals surface area (Å²) in [6.45, 7) is 9.34. The number of nitrogens with zero attached hydrogens (tertiary/aromatic N) is 1. The summed E-state index contributed by atoms with van der Waals surface area (Å²) in [5, 5.41) is 3.59. The van der Waals surface area contributed by atoms with Crippen molar-refractivity contribution in [3.8, 4) is 11.5 Å². The Morgan fingerprint density at radius 3 is 3.00 bits per heavy atom. The van der Waals surface area contributed by atoms with E-state index in [4.69, 9.17) is 9.47 Å². The Balaban J connectivity index is 1.66. The summed E-state index contributed by atoms with van der Waals surface area (Å²) in [5.74, 6) is 2.44. The van der Waals surface area contributed by atoms with Gasteiger partial charge in [0.25, 0.3) is 0 Å². The van der Waals surface area contributed by atoms with Crippen LogP contribution < -0.4 is 14.8 Å². The van der Waals surface area contributed by atoms with Crippen LogP contribution in [0.5, 0.6) is 11.5 Å². The highest BCUT2D eigenvalue weighted by molar-refractivity contribution is 5.44. The topological polar surface area (TPSA) is 33.7 Å². The highest BCUT2D eigenvalue weighted by atomic mass is 16.7. The Morgan fingerprint density at radius 2 is 2.10 bits per heavy atom. The molecule has 110 valence electrons. The highest BCUT2D eigenvalue weighted by Crippen LogP contribution is 2.32. The van der Waals surface area contributed by atoms with E-state index >= 15 is 0 Å². The van der Waals surface area contributed by atoms with Gasteiger partial charge in [0.1, 0.15) is 0 Å². The zero-order chi connectivity index (χ0) is 13.9. The van der Waals surface area contributed by atoms with Crippen molar-refractivity contribution in [2.75, 3.05) is 26.4 Å². The zero-order valence-corrected chi connectivity index (χ0v) is 12.4. The van der Waals surface area contributed by atoms with Crippen molar-refractivity contribution in [1.29, 1.82) is 0 Å². The quantitative estimate of drug-likeness (QED) is 0.898. The molecule has 1 aromatic carbocycles. The molecule has 0 spiro atoms. The molecule has 0 aromatic heterocycles. The standard InChI is InChI=1S/C16H24N2O2/c1-12-8-17-13(2)5-6-18(9-12)10-14-3-4-15-16(7-14)20-11-19-15/h3-4,7,12-13,17H,5-6,8-11H2,1-2H3. The number of hydrogen-bond acceptors (Lipinski definition) is 4. The van der Waals surface area contributed by atoms with E-state index in [0.717, 1.165) is 37.7 Å². The Kier molecular flexibility index (Phi) is 4.13. The Hall–Kier alpha value is -1.26. The highest BCUT2D eigenvalue weighted by Gasteiger charge is 2.18. The summed E-state index contributed by atoms with van der Waals surface area (Å²) in [6.07, 6.45) is 1.21. The Bertz CT molecular complexity index is 464. The second-order valence-corrected chi connectivity index (χ2v) is 6.13. The Labute approximate surface area is 121 Å². The van der Waals surface area contributed by atoms with Crippen molar-refractivity contribution < 1.29 is 9.47 Å². The van der Waals surface area contributed by atoms with Crippen molar-refractivity contribution in [2.45, 2.75) is 32.9 Å². The van der Waals surface area contributed by atoms with E-state index in [-0.39, 0.29) is 0 Å². The molecule has 0 saturated carbocycles. The van der Waals surface area contributed by atoms with Crippen molar-refractivity contribution in [3.05, 3.63) is 23.8 Å². The molecule has 3 rings (SSSR count). The fourth-order valence-corrected chi connectivity index (χ4v) is 2.92. The van der Waals surface area contributed by atoms with Gasteiger partial charge in [-0.3, -0.25) is 4.90 Å². The summed E-state index contributed by atoms with van der Waals surface area (Å²) in [6, 6.07) is 6.90. The summed E-state index contributed by atoms with van der Waals surface area (Å²) in [5.41, 5.74) is 1.31. The van der Waals surface area contributed by atoms with E-state index in [1.54, 1.807) is 0 Å². The van der Waals surface area contributed by atoms with Gasteiger partial charge in [-0.25, -0.2) is 0 Å². The van der Waals surface area contributed by atoms with E-state index in [1.165, 1.54) is 12.0 Å². The molecule has 2 aliphatic rings. The summed E-state index contributed by atoms with van der Waals surface area (Å²) in [4.78, 5) is 2.56. The van der Waals surface area contributed by atoms with Crippen LogP contribution in [0.1, 0.15) is 25.8 Å². The molecule has 2 aliphatic heterocycles. The maximum atomic E-state index is 5.46. The molecule has 4 heteroatoms. The van der Waals surface area contributed by atoms with Gasteiger partial charge in [-0.2, -0.15) is 0 Å². The average molecular weight is 276 g/mol. The van der Waals surface area contributed by atoms with Crippen LogP contribution in [0.3, 0.4) is 0 Å². The van der Waals surface area contributed by atoms with E-state index in [2.05, 4.69) is 36.2 Å². The molecule has 2 heterocycles. The molecule has 0 amide bonds. The molecule has 20 heavy (non-hydrogen) atoms. The van der Waals surface area contributed by atoms with Gasteiger partial charge in [0.2, 0.25) is 6.79 Å². The largest absolute Gasteiger partial charge is 0.454 e. The second-order valence-electron chi connectivity index (χ2n) is 6.13. The number of fused-ring (bicyclic) bond motifs is 1. The third-order valence-electron chi connectivity index (χ3n) is 4.11. The van der Waals surface area contributed by atoms with Gasteiger partial charge >= 0.3 is 0 Å². The smallest absolute Gasteiger partial charge is 0.231 e. The summed E-state index contributed by atoms with van der Waals surface area (Å²) >= 11 is 0. The molecule has 1 N–H and O–H groups in total. The van der Waals surface area contributed by atoms with E-state index in [1.807, 2.05) is 6.07 Å². The summed E-state index contributed by atoms with van der Waals surface area (Å²) in [7, 11) is 0. The van der Waals surface area contributed by atoms with Crippen LogP contribution in [-0.2, 0) is 6.54 Å². The van der Waals surface area contributed by atoms with Crippen molar-refractivity contribution in [3.63, 3.8) is 0 Å². The molecule has 1 aromatic rings. The lowest BCUT2D eigenvalue weighted by Crippen LogP contribution is -2.42. The van der Waals surface area contributed by atoms with Crippen LogP contribution in [0.4, 0.5) is 0 Å². The number of benzene rings is 1. The lowest BCUT2D eigenvalue weighted by atomic mass is 10.1. The first-order valence-electron chi connectivity index (χ1n) is 7.55. The van der Waals surface area contributed by atoms with Crippen LogP contribution in [0, 0.1) is 5.92 Å². The Morgan fingerprint density at radius 1 is 1.25 bits per heavy atom. The lowest BCUT2D eigenvalue weighted by Gasteiger charge is -2.31. The van der Waals surface area contributed by atoms with Crippen LogP contribution >= 0.6 is 0 Å². The molecule has 2 unspecified atom stereocenters. The van der Waals surface area contributed by atoms with Gasteiger partial charge in [0.15, 0.2) is 11.5 Å². The fourth-order valence-electron chi connectivity index (χ4n) is 2.92. The van der Waals surface area contributed by atoms with Gasteiger partial charge in [-0.1, -0.05) is 13.0 Å². The van der Waals surface area contributed by atoms with Gasteiger partial charge in [-0.05, 0) is 50.0 Å². The molecular formula is C16H24N2O2. The lowest BCUT2D eigenvalue weighted by molar-refractivity contribution is 0.173. The van der Waals surface area contributed by atoms with Gasteiger partial charge < -0.3 is 14.8 Å². The number of ether oxygens (including phenoxy) is 2. The molecule has 1 saturated heterocycles. The predicted octanol–water partition coefficient (Wildman–Crippen LogP) is 2.24. The number of hydrogen-bond donors (Lipinski definition) is 1. The minimum absolute atomic E-state index is 0.350.